The average Bonchev–Trinajstić information content (AvgIpc) is 2.70. The number of hydrogen-bond donors (Lipinski definition) is 2. The van der Waals surface area contributed by atoms with E-state index >= 15 is 0 Å². The fraction of sp³-hybridized carbons (Fsp3) is 0.238. The van der Waals surface area contributed by atoms with Gasteiger partial charge in [0.25, 0.3) is 0 Å². The predicted octanol–water partition coefficient (Wildman–Crippen LogP) is 3.10. The number of carboxylic acid groups (broad SMARTS) is 2. The molecule has 2 rings (SSSR count). The van der Waals surface area contributed by atoms with Gasteiger partial charge in [-0.1, -0.05) is 25.1 Å². The number of carbonyl (C=O) groups excluding carboxylic acids is 2. The van der Waals surface area contributed by atoms with E-state index in [9.17, 15) is 29.4 Å². The highest BCUT2D eigenvalue weighted by atomic mass is 16.5. The smallest absolute Gasteiger partial charge is 0.339 e. The lowest BCUT2D eigenvalue weighted by molar-refractivity contribution is 0.0461. The van der Waals surface area contributed by atoms with Crippen LogP contribution >= 0.6 is 0 Å². The van der Waals surface area contributed by atoms with Crippen molar-refractivity contribution in [1.29, 1.82) is 0 Å². The van der Waals surface area contributed by atoms with Gasteiger partial charge in [0.05, 0.1) is 29.4 Å². The van der Waals surface area contributed by atoms with E-state index in [1.165, 1.54) is 0 Å². The van der Waals surface area contributed by atoms with Crippen molar-refractivity contribution in [3.05, 3.63) is 69.3 Å². The van der Waals surface area contributed by atoms with Crippen molar-refractivity contribution < 1.29 is 38.9 Å². The van der Waals surface area contributed by atoms with Crippen LogP contribution in [0, 0.1) is 6.92 Å². The van der Waals surface area contributed by atoms with E-state index in [1.54, 1.807) is 6.07 Å². The second kappa shape index (κ2) is 9.01. The van der Waals surface area contributed by atoms with Crippen molar-refractivity contribution in [1.82, 2.24) is 0 Å². The van der Waals surface area contributed by atoms with Gasteiger partial charge in [-0.05, 0) is 42.2 Å². The first-order chi connectivity index (χ1) is 13.7. The molecule has 2 N–H and O–H groups in total. The second-order valence-corrected chi connectivity index (χ2v) is 6.24. The van der Waals surface area contributed by atoms with E-state index in [4.69, 9.17) is 4.74 Å². The number of carboxylic acids is 2. The second-order valence-electron chi connectivity index (χ2n) is 6.24. The SMILES string of the molecule is CCc1ccc(COC(=O)c2cc(C(=O)O)c(C(=O)OC)cc2C(=O)O)cc1C. The Bertz CT molecular complexity index is 990. The Morgan fingerprint density at radius 2 is 1.41 bits per heavy atom. The van der Waals surface area contributed by atoms with Gasteiger partial charge in [-0.25, -0.2) is 19.2 Å². The van der Waals surface area contributed by atoms with Gasteiger partial charge in [-0.3, -0.25) is 0 Å². The summed E-state index contributed by atoms with van der Waals surface area (Å²) < 4.78 is 9.67. The maximum absolute atomic E-state index is 12.5. The zero-order valence-corrected chi connectivity index (χ0v) is 16.1. The maximum atomic E-state index is 12.5. The summed E-state index contributed by atoms with van der Waals surface area (Å²) in [5.74, 6) is -5.07. The van der Waals surface area contributed by atoms with Gasteiger partial charge in [0.2, 0.25) is 0 Å². The summed E-state index contributed by atoms with van der Waals surface area (Å²) in [7, 11) is 1.03. The van der Waals surface area contributed by atoms with Crippen LogP contribution in [0.4, 0.5) is 0 Å². The summed E-state index contributed by atoms with van der Waals surface area (Å²) in [5.41, 5.74) is 0.828. The molecule has 0 aliphatic heterocycles. The molecule has 0 heterocycles. The Hall–Kier alpha value is -3.68. The lowest BCUT2D eigenvalue weighted by Gasteiger charge is -2.12. The number of esters is 2. The molecule has 0 atom stereocenters. The molecule has 0 bridgehead atoms. The fourth-order valence-corrected chi connectivity index (χ4v) is 2.87. The number of ether oxygens (including phenoxy) is 2. The summed E-state index contributed by atoms with van der Waals surface area (Å²) in [6.07, 6.45) is 0.860. The Morgan fingerprint density at radius 3 is 1.86 bits per heavy atom. The van der Waals surface area contributed by atoms with Crippen LogP contribution in [0.2, 0.25) is 0 Å². The molecule has 2 aromatic rings. The van der Waals surface area contributed by atoms with Crippen molar-refractivity contribution in [2.24, 2.45) is 0 Å². The van der Waals surface area contributed by atoms with Crippen molar-refractivity contribution in [3.8, 4) is 0 Å². The summed E-state index contributed by atoms with van der Waals surface area (Å²) in [6, 6.07) is 7.17. The quantitative estimate of drug-likeness (QED) is 0.679. The van der Waals surface area contributed by atoms with Gasteiger partial charge in [0.1, 0.15) is 6.61 Å². The van der Waals surface area contributed by atoms with Crippen LogP contribution in [-0.2, 0) is 22.5 Å². The molecule has 152 valence electrons. The Morgan fingerprint density at radius 1 is 0.862 bits per heavy atom. The van der Waals surface area contributed by atoms with E-state index in [2.05, 4.69) is 4.74 Å². The van der Waals surface area contributed by atoms with Gasteiger partial charge in [-0.15, -0.1) is 0 Å². The first kappa shape index (κ1) is 21.6. The molecule has 0 unspecified atom stereocenters. The fourth-order valence-electron chi connectivity index (χ4n) is 2.87. The standard InChI is InChI=1S/C21H20O8/c1-4-13-6-5-12(7-11(13)2)10-29-21(27)17-9-14(18(22)23)16(20(26)28-3)8-15(17)19(24)25/h5-9H,4,10H2,1-3H3,(H,22,23)(H,24,25). The molecular formula is C21H20O8. The number of methoxy groups -OCH3 is 1. The van der Waals surface area contributed by atoms with Gasteiger partial charge < -0.3 is 19.7 Å². The van der Waals surface area contributed by atoms with Gasteiger partial charge >= 0.3 is 23.9 Å². The summed E-state index contributed by atoms with van der Waals surface area (Å²) in [4.78, 5) is 47.3. The van der Waals surface area contributed by atoms with E-state index in [0.717, 1.165) is 36.8 Å². The molecule has 0 amide bonds. The molecule has 0 aliphatic rings. The molecule has 8 heteroatoms. The van der Waals surface area contributed by atoms with E-state index < -0.39 is 46.1 Å². The zero-order valence-electron chi connectivity index (χ0n) is 16.1. The third-order valence-corrected chi connectivity index (χ3v) is 4.40. The van der Waals surface area contributed by atoms with Crippen molar-refractivity contribution >= 4 is 23.9 Å². The highest BCUT2D eigenvalue weighted by molar-refractivity contribution is 6.09. The number of carbonyl (C=O) groups is 4. The van der Waals surface area contributed by atoms with Crippen LogP contribution in [0.15, 0.2) is 30.3 Å². The number of aryl methyl sites for hydroxylation is 2. The monoisotopic (exact) mass is 400 g/mol. The normalized spacial score (nSPS) is 10.3. The maximum Gasteiger partial charge on any atom is 0.339 e. The van der Waals surface area contributed by atoms with Crippen LogP contribution in [0.1, 0.15) is 65.0 Å². The zero-order chi connectivity index (χ0) is 21.7. The third kappa shape index (κ3) is 4.78. The minimum absolute atomic E-state index is 0.121. The first-order valence-electron chi connectivity index (χ1n) is 8.68. The number of benzene rings is 2. The van der Waals surface area contributed by atoms with Crippen molar-refractivity contribution in [2.75, 3.05) is 7.11 Å². The topological polar surface area (TPSA) is 127 Å². The van der Waals surface area contributed by atoms with E-state index in [1.807, 2.05) is 26.0 Å². The number of rotatable bonds is 7. The molecule has 0 fully saturated rings. The Kier molecular flexibility index (Phi) is 6.71. The highest BCUT2D eigenvalue weighted by Gasteiger charge is 2.26. The van der Waals surface area contributed by atoms with Gasteiger partial charge in [-0.2, -0.15) is 0 Å². The minimum atomic E-state index is -1.51. The van der Waals surface area contributed by atoms with Crippen LogP contribution in [-0.4, -0.2) is 41.2 Å². The average molecular weight is 400 g/mol. The lowest BCUT2D eigenvalue weighted by Crippen LogP contribution is -2.18. The number of aromatic carboxylic acids is 2. The molecule has 0 spiro atoms. The minimum Gasteiger partial charge on any atom is -0.478 e. The van der Waals surface area contributed by atoms with Crippen molar-refractivity contribution in [3.63, 3.8) is 0 Å². The molecule has 0 aliphatic carbocycles. The molecule has 0 saturated heterocycles. The molecule has 8 nitrogen and oxygen atoms in total. The lowest BCUT2D eigenvalue weighted by atomic mass is 9.98. The van der Waals surface area contributed by atoms with Crippen LogP contribution in [0.3, 0.4) is 0 Å². The van der Waals surface area contributed by atoms with Crippen molar-refractivity contribution in [2.45, 2.75) is 26.9 Å². The van der Waals surface area contributed by atoms with Gasteiger partial charge in [0.15, 0.2) is 0 Å². The first-order valence-corrected chi connectivity index (χ1v) is 8.68. The molecule has 2 aromatic carbocycles. The van der Waals surface area contributed by atoms with Gasteiger partial charge in [0, 0.05) is 0 Å². The molecular weight excluding hydrogens is 380 g/mol. The molecule has 0 radical (unpaired) electrons. The Labute approximate surface area is 166 Å². The highest BCUT2D eigenvalue weighted by Crippen LogP contribution is 2.21. The predicted molar refractivity (Wildman–Crippen MR) is 101 cm³/mol. The van der Waals surface area contributed by atoms with Crippen LogP contribution < -0.4 is 0 Å². The number of hydrogen-bond acceptors (Lipinski definition) is 6. The summed E-state index contributed by atoms with van der Waals surface area (Å²) in [5, 5.41) is 18.7. The van der Waals surface area contributed by atoms with Crippen LogP contribution in [0.5, 0.6) is 0 Å². The summed E-state index contributed by atoms with van der Waals surface area (Å²) in [6.45, 7) is 3.83. The third-order valence-electron chi connectivity index (χ3n) is 4.40. The van der Waals surface area contributed by atoms with E-state index in [0.29, 0.717) is 5.56 Å². The summed E-state index contributed by atoms with van der Waals surface area (Å²) >= 11 is 0. The molecule has 0 saturated carbocycles. The van der Waals surface area contributed by atoms with Crippen LogP contribution in [0.25, 0.3) is 0 Å². The molecule has 29 heavy (non-hydrogen) atoms. The molecule has 0 aromatic heterocycles. The Balaban J connectivity index is 2.38. The largest absolute Gasteiger partial charge is 0.478 e. The van der Waals surface area contributed by atoms with E-state index in [-0.39, 0.29) is 6.61 Å².